The van der Waals surface area contributed by atoms with Crippen molar-refractivity contribution in [1.82, 2.24) is 14.5 Å². The summed E-state index contributed by atoms with van der Waals surface area (Å²) in [6, 6.07) is 19.7. The third-order valence-electron chi connectivity index (χ3n) is 7.10. The number of rotatable bonds is 12. The molecule has 2 aromatic heterocycles. The lowest BCUT2D eigenvalue weighted by atomic mass is 10.2. The Morgan fingerprint density at radius 2 is 1.54 bits per heavy atom. The summed E-state index contributed by atoms with van der Waals surface area (Å²) < 4.78 is 15.2. The summed E-state index contributed by atoms with van der Waals surface area (Å²) in [7, 11) is 0. The highest BCUT2D eigenvalue weighted by Gasteiger charge is 2.23. The van der Waals surface area contributed by atoms with Crippen LogP contribution in [0.1, 0.15) is 53.4 Å². The number of benzene rings is 3. The summed E-state index contributed by atoms with van der Waals surface area (Å²) in [6.45, 7) is 9.69. The molecule has 5 rings (SSSR count). The molecule has 0 aliphatic heterocycles. The lowest BCUT2D eigenvalue weighted by Crippen LogP contribution is -2.39. The number of nitrogens with zero attached hydrogens (tertiary/aromatic N) is 4. The number of carbonyl (C=O) groups is 1. The fourth-order valence-corrected chi connectivity index (χ4v) is 5.40. The van der Waals surface area contributed by atoms with Crippen molar-refractivity contribution in [3.63, 3.8) is 0 Å². The van der Waals surface area contributed by atoms with E-state index in [2.05, 4.69) is 29.8 Å². The fraction of sp³-hybridized carbons (Fsp3) is 0.364. The van der Waals surface area contributed by atoms with Crippen molar-refractivity contribution in [2.24, 2.45) is 0 Å². The topological polar surface area (TPSA) is 69.5 Å². The Morgan fingerprint density at radius 1 is 0.902 bits per heavy atom. The first kappa shape index (κ1) is 28.9. The molecule has 5 aromatic rings. The van der Waals surface area contributed by atoms with Gasteiger partial charge in [-0.2, -0.15) is 0 Å². The number of fused-ring (bicyclic) bond motifs is 4. The molecule has 0 N–H and O–H groups in total. The predicted octanol–water partition coefficient (Wildman–Crippen LogP) is 8.30. The van der Waals surface area contributed by atoms with E-state index < -0.39 is 0 Å². The van der Waals surface area contributed by atoms with Gasteiger partial charge in [-0.05, 0) is 57.0 Å². The lowest BCUT2D eigenvalue weighted by molar-refractivity contribution is -0.119. The monoisotopic (exact) mass is 616 g/mol. The standard InChI is InChI=1S/C33H37BrN4O3/c1-5-7-16-40-29-19-26-27(20-30(29)41-17-8-6-2)36-33-32(35-26)25-18-23(34)14-15-28(25)37(33)21-31(39)38(22(3)4)24-12-10-9-11-13-24/h9-15,18-20,22H,5-8,16-17,21H2,1-4H3. The van der Waals surface area contributed by atoms with E-state index in [1.165, 1.54) is 0 Å². The molecule has 0 fully saturated rings. The lowest BCUT2D eigenvalue weighted by Gasteiger charge is -2.27. The zero-order valence-corrected chi connectivity index (χ0v) is 25.8. The molecule has 0 saturated heterocycles. The zero-order valence-electron chi connectivity index (χ0n) is 24.2. The van der Waals surface area contributed by atoms with E-state index in [0.29, 0.717) is 35.9 Å². The number of ether oxygens (including phenoxy) is 2. The van der Waals surface area contributed by atoms with E-state index in [0.717, 1.165) is 57.8 Å². The summed E-state index contributed by atoms with van der Waals surface area (Å²) in [5.74, 6) is 1.34. The van der Waals surface area contributed by atoms with Gasteiger partial charge < -0.3 is 18.9 Å². The number of aromatic nitrogens is 3. The van der Waals surface area contributed by atoms with Crippen LogP contribution in [0.2, 0.25) is 0 Å². The molecule has 3 aromatic carbocycles. The van der Waals surface area contributed by atoms with Crippen LogP contribution in [0, 0.1) is 0 Å². The Hall–Kier alpha value is -3.65. The summed E-state index contributed by atoms with van der Waals surface area (Å²) in [6.07, 6.45) is 4.00. The molecule has 1 amide bonds. The van der Waals surface area contributed by atoms with E-state index in [1.807, 2.05) is 84.0 Å². The number of para-hydroxylation sites is 1. The first-order valence-corrected chi connectivity index (χ1v) is 15.3. The Labute approximate surface area is 249 Å². The van der Waals surface area contributed by atoms with E-state index in [-0.39, 0.29) is 18.5 Å². The van der Waals surface area contributed by atoms with Crippen molar-refractivity contribution in [1.29, 1.82) is 0 Å². The number of hydrogen-bond acceptors (Lipinski definition) is 5. The second kappa shape index (κ2) is 12.9. The second-order valence-corrected chi connectivity index (χ2v) is 11.4. The maximum atomic E-state index is 13.9. The summed E-state index contributed by atoms with van der Waals surface area (Å²) in [5, 5.41) is 0.934. The van der Waals surface area contributed by atoms with Gasteiger partial charge in [-0.3, -0.25) is 4.79 Å². The molecular formula is C33H37BrN4O3. The number of halogens is 1. The molecule has 0 atom stereocenters. The number of hydrogen-bond donors (Lipinski definition) is 0. The minimum Gasteiger partial charge on any atom is -0.490 e. The third-order valence-corrected chi connectivity index (χ3v) is 7.59. The van der Waals surface area contributed by atoms with Crippen LogP contribution in [0.25, 0.3) is 33.1 Å². The van der Waals surface area contributed by atoms with Crippen molar-refractivity contribution in [2.75, 3.05) is 18.1 Å². The Morgan fingerprint density at radius 3 is 2.15 bits per heavy atom. The maximum Gasteiger partial charge on any atom is 0.247 e. The molecule has 41 heavy (non-hydrogen) atoms. The molecule has 7 nitrogen and oxygen atoms in total. The predicted molar refractivity (Wildman–Crippen MR) is 170 cm³/mol. The molecule has 0 saturated carbocycles. The van der Waals surface area contributed by atoms with Crippen LogP contribution in [-0.4, -0.2) is 39.7 Å². The van der Waals surface area contributed by atoms with Crippen LogP contribution in [0.5, 0.6) is 11.5 Å². The van der Waals surface area contributed by atoms with E-state index in [4.69, 9.17) is 19.4 Å². The van der Waals surface area contributed by atoms with E-state index >= 15 is 0 Å². The highest BCUT2D eigenvalue weighted by molar-refractivity contribution is 9.10. The second-order valence-electron chi connectivity index (χ2n) is 10.5. The Bertz CT molecular complexity index is 1670. The van der Waals surface area contributed by atoms with Crippen molar-refractivity contribution in [3.05, 3.63) is 65.1 Å². The summed E-state index contributed by atoms with van der Waals surface area (Å²) >= 11 is 3.62. The first-order chi connectivity index (χ1) is 19.9. The number of amides is 1. The molecule has 0 radical (unpaired) electrons. The largest absolute Gasteiger partial charge is 0.490 e. The number of unbranched alkanes of at least 4 members (excludes halogenated alkanes) is 2. The first-order valence-electron chi connectivity index (χ1n) is 14.5. The van der Waals surface area contributed by atoms with Crippen molar-refractivity contribution in [3.8, 4) is 11.5 Å². The average Bonchev–Trinajstić information content (AvgIpc) is 3.24. The molecule has 0 unspecified atom stereocenters. The normalized spacial score (nSPS) is 11.6. The van der Waals surface area contributed by atoms with Gasteiger partial charge in [0.25, 0.3) is 0 Å². The van der Waals surface area contributed by atoms with Gasteiger partial charge in [0.1, 0.15) is 12.1 Å². The van der Waals surface area contributed by atoms with Crippen molar-refractivity contribution >= 4 is 60.6 Å². The molecule has 2 heterocycles. The van der Waals surface area contributed by atoms with Crippen LogP contribution >= 0.6 is 15.9 Å². The van der Waals surface area contributed by atoms with Gasteiger partial charge in [0.15, 0.2) is 17.1 Å². The van der Waals surface area contributed by atoms with Gasteiger partial charge >= 0.3 is 0 Å². The van der Waals surface area contributed by atoms with Crippen LogP contribution in [0.3, 0.4) is 0 Å². The molecule has 214 valence electrons. The van der Waals surface area contributed by atoms with E-state index in [9.17, 15) is 4.79 Å². The molecule has 0 bridgehead atoms. The molecule has 0 aliphatic carbocycles. The summed E-state index contributed by atoms with van der Waals surface area (Å²) in [5.41, 5.74) is 4.61. The Balaban J connectivity index is 1.64. The number of anilines is 1. The summed E-state index contributed by atoms with van der Waals surface area (Å²) in [4.78, 5) is 25.8. The average molecular weight is 618 g/mol. The van der Waals surface area contributed by atoms with E-state index in [1.54, 1.807) is 0 Å². The van der Waals surface area contributed by atoms with Crippen LogP contribution < -0.4 is 14.4 Å². The molecule has 8 heteroatoms. The minimum atomic E-state index is -0.0157. The smallest absolute Gasteiger partial charge is 0.247 e. The van der Waals surface area contributed by atoms with Gasteiger partial charge in [-0.15, -0.1) is 0 Å². The SMILES string of the molecule is CCCCOc1cc2nc3c4cc(Br)ccc4n(CC(=O)N(c4ccccc4)C(C)C)c3nc2cc1OCCCC. The van der Waals surface area contributed by atoms with Gasteiger partial charge in [0.05, 0.1) is 29.8 Å². The molecule has 0 spiro atoms. The van der Waals surface area contributed by atoms with Gasteiger partial charge in [-0.25, -0.2) is 9.97 Å². The molecular weight excluding hydrogens is 580 g/mol. The molecule has 0 aliphatic rings. The van der Waals surface area contributed by atoms with Gasteiger partial charge in [0.2, 0.25) is 5.91 Å². The minimum absolute atomic E-state index is 0.00648. The van der Waals surface area contributed by atoms with Crippen LogP contribution in [0.4, 0.5) is 5.69 Å². The van der Waals surface area contributed by atoms with Gasteiger partial charge in [-0.1, -0.05) is 60.8 Å². The zero-order chi connectivity index (χ0) is 28.9. The highest BCUT2D eigenvalue weighted by atomic mass is 79.9. The fourth-order valence-electron chi connectivity index (χ4n) is 5.04. The quantitative estimate of drug-likeness (QED) is 0.132. The number of carbonyl (C=O) groups excluding carboxylic acids is 1. The van der Waals surface area contributed by atoms with Gasteiger partial charge in [0, 0.05) is 33.7 Å². The third kappa shape index (κ3) is 6.17. The van der Waals surface area contributed by atoms with Crippen molar-refractivity contribution < 1.29 is 14.3 Å². The van der Waals surface area contributed by atoms with Crippen LogP contribution in [0.15, 0.2) is 65.1 Å². The highest BCUT2D eigenvalue weighted by Crippen LogP contribution is 2.35. The van der Waals surface area contributed by atoms with Crippen LogP contribution in [-0.2, 0) is 11.3 Å². The Kier molecular flexibility index (Phi) is 9.08. The maximum absolute atomic E-state index is 13.9. The van der Waals surface area contributed by atoms with Crippen molar-refractivity contribution in [2.45, 2.75) is 66.0 Å².